The van der Waals surface area contributed by atoms with Crippen molar-refractivity contribution in [1.82, 2.24) is 0 Å². The van der Waals surface area contributed by atoms with Crippen LogP contribution in [0.15, 0.2) is 24.3 Å². The number of halogens is 3. The molecule has 0 heterocycles. The summed E-state index contributed by atoms with van der Waals surface area (Å²) in [5.74, 6) is 0. The molecule has 0 bridgehead atoms. The fourth-order valence-corrected chi connectivity index (χ4v) is 1.96. The summed E-state index contributed by atoms with van der Waals surface area (Å²) in [6, 6.07) is 4.60. The molecule has 1 aromatic carbocycles. The van der Waals surface area contributed by atoms with Crippen molar-refractivity contribution >= 4 is 10.1 Å². The van der Waals surface area contributed by atoms with E-state index in [2.05, 4.69) is 0 Å². The molecule has 0 saturated heterocycles. The van der Waals surface area contributed by atoms with Crippen molar-refractivity contribution < 1.29 is 25.8 Å². The third-order valence-electron chi connectivity index (χ3n) is 2.63. The molecule has 0 spiro atoms. The minimum atomic E-state index is -4.38. The fraction of sp³-hybridized carbons (Fsp3) is 0.500. The maximum atomic E-state index is 12.4. The molecule has 0 amide bonds. The highest BCUT2D eigenvalue weighted by molar-refractivity contribution is 7.85. The van der Waals surface area contributed by atoms with Crippen molar-refractivity contribution in [2.45, 2.75) is 25.4 Å². The summed E-state index contributed by atoms with van der Waals surface area (Å²) in [6.45, 7) is 3.26. The predicted molar refractivity (Wildman–Crippen MR) is 65.3 cm³/mol. The van der Waals surface area contributed by atoms with Gasteiger partial charge in [0.15, 0.2) is 0 Å². The van der Waals surface area contributed by atoms with E-state index < -0.39 is 27.3 Å². The summed E-state index contributed by atoms with van der Waals surface area (Å²) in [5.41, 5.74) is -0.868. The van der Waals surface area contributed by atoms with E-state index in [1.807, 2.05) is 0 Å². The molecule has 0 saturated carbocycles. The maximum absolute atomic E-state index is 12.4. The number of benzene rings is 1. The molecule has 0 atom stereocenters. The van der Waals surface area contributed by atoms with Crippen LogP contribution in [0.1, 0.15) is 25.0 Å². The third-order valence-corrected chi connectivity index (χ3v) is 3.17. The van der Waals surface area contributed by atoms with Crippen LogP contribution in [0.3, 0.4) is 0 Å². The van der Waals surface area contributed by atoms with Crippen LogP contribution >= 0.6 is 0 Å². The SMILES string of the molecule is CC(C)(COS(C)(=O)=O)c1ccc(C(F)(F)F)cc1. The Morgan fingerprint density at radius 3 is 1.84 bits per heavy atom. The van der Waals surface area contributed by atoms with Crippen molar-refractivity contribution in [3.05, 3.63) is 35.4 Å². The molecule has 0 aromatic heterocycles. The standard InChI is InChI=1S/C12H15F3O3S/c1-11(2,8-18-19(3,16)17)9-4-6-10(7-5-9)12(13,14)15/h4-7H,8H2,1-3H3. The summed E-state index contributed by atoms with van der Waals surface area (Å²) in [4.78, 5) is 0. The van der Waals surface area contributed by atoms with E-state index in [0.29, 0.717) is 5.56 Å². The van der Waals surface area contributed by atoms with E-state index in [0.717, 1.165) is 18.4 Å². The van der Waals surface area contributed by atoms with E-state index in [4.69, 9.17) is 4.18 Å². The lowest BCUT2D eigenvalue weighted by atomic mass is 9.85. The number of hydrogen-bond donors (Lipinski definition) is 0. The van der Waals surface area contributed by atoms with Gasteiger partial charge in [0.25, 0.3) is 10.1 Å². The van der Waals surface area contributed by atoms with Gasteiger partial charge in [-0.05, 0) is 17.7 Å². The summed E-state index contributed by atoms with van der Waals surface area (Å²) < 4.78 is 63.8. The lowest BCUT2D eigenvalue weighted by Gasteiger charge is -2.24. The smallest absolute Gasteiger partial charge is 0.269 e. The monoisotopic (exact) mass is 296 g/mol. The van der Waals surface area contributed by atoms with Gasteiger partial charge in [0, 0.05) is 5.41 Å². The van der Waals surface area contributed by atoms with Gasteiger partial charge in [0.2, 0.25) is 0 Å². The van der Waals surface area contributed by atoms with Crippen LogP contribution < -0.4 is 0 Å². The van der Waals surface area contributed by atoms with Crippen molar-refractivity contribution in [2.24, 2.45) is 0 Å². The molecule has 0 unspecified atom stereocenters. The van der Waals surface area contributed by atoms with Crippen molar-refractivity contribution in [1.29, 1.82) is 0 Å². The van der Waals surface area contributed by atoms with Gasteiger partial charge in [0.05, 0.1) is 18.4 Å². The Hall–Kier alpha value is -1.08. The van der Waals surface area contributed by atoms with Crippen molar-refractivity contribution in [2.75, 3.05) is 12.9 Å². The third kappa shape index (κ3) is 4.83. The molecule has 0 aliphatic rings. The van der Waals surface area contributed by atoms with Crippen LogP contribution in [-0.2, 0) is 25.9 Å². The van der Waals surface area contributed by atoms with E-state index >= 15 is 0 Å². The number of rotatable bonds is 4. The van der Waals surface area contributed by atoms with Crippen LogP contribution in [0.25, 0.3) is 0 Å². The van der Waals surface area contributed by atoms with Crippen LogP contribution in [0.2, 0.25) is 0 Å². The minimum absolute atomic E-state index is 0.128. The molecule has 0 radical (unpaired) electrons. The maximum Gasteiger partial charge on any atom is 0.416 e. The normalized spacial score (nSPS) is 13.6. The zero-order chi connectivity index (χ0) is 14.9. The summed E-state index contributed by atoms with van der Waals surface area (Å²) in [6.07, 6.45) is -3.46. The zero-order valence-corrected chi connectivity index (χ0v) is 11.6. The van der Waals surface area contributed by atoms with Crippen molar-refractivity contribution in [3.8, 4) is 0 Å². The highest BCUT2D eigenvalue weighted by Crippen LogP contribution is 2.31. The van der Waals surface area contributed by atoms with E-state index in [1.54, 1.807) is 13.8 Å². The Balaban J connectivity index is 2.90. The summed E-state index contributed by atoms with van der Waals surface area (Å²) >= 11 is 0. The molecule has 108 valence electrons. The highest BCUT2D eigenvalue weighted by atomic mass is 32.2. The minimum Gasteiger partial charge on any atom is -0.269 e. The van der Waals surface area contributed by atoms with Crippen molar-refractivity contribution in [3.63, 3.8) is 0 Å². The molecule has 1 aromatic rings. The lowest BCUT2D eigenvalue weighted by Crippen LogP contribution is -2.26. The van der Waals surface area contributed by atoms with E-state index in [9.17, 15) is 21.6 Å². The second-order valence-electron chi connectivity index (χ2n) is 4.93. The van der Waals surface area contributed by atoms with Gasteiger partial charge in [-0.15, -0.1) is 0 Å². The quantitative estimate of drug-likeness (QED) is 0.802. The summed E-state index contributed by atoms with van der Waals surface area (Å²) in [7, 11) is -3.58. The Kier molecular flexibility index (Phi) is 4.31. The molecule has 0 N–H and O–H groups in total. The van der Waals surface area contributed by atoms with Crippen LogP contribution in [-0.4, -0.2) is 21.3 Å². The molecule has 3 nitrogen and oxygen atoms in total. The first-order chi connectivity index (χ1) is 8.42. The van der Waals surface area contributed by atoms with Gasteiger partial charge in [-0.2, -0.15) is 21.6 Å². The lowest BCUT2D eigenvalue weighted by molar-refractivity contribution is -0.137. The van der Waals surface area contributed by atoms with Crippen LogP contribution in [0.5, 0.6) is 0 Å². The largest absolute Gasteiger partial charge is 0.416 e. The molecular weight excluding hydrogens is 281 g/mol. The molecule has 0 aliphatic heterocycles. The highest BCUT2D eigenvalue weighted by Gasteiger charge is 2.31. The van der Waals surface area contributed by atoms with E-state index in [-0.39, 0.29) is 6.61 Å². The zero-order valence-electron chi connectivity index (χ0n) is 10.8. The van der Waals surface area contributed by atoms with Gasteiger partial charge in [-0.25, -0.2) is 0 Å². The Bertz CT molecular complexity index is 530. The number of alkyl halides is 3. The Labute approximate surface area is 110 Å². The molecule has 7 heteroatoms. The summed E-state index contributed by atoms with van der Waals surface area (Å²) in [5, 5.41) is 0. The predicted octanol–water partition coefficient (Wildman–Crippen LogP) is 2.96. The average Bonchev–Trinajstić information content (AvgIpc) is 2.25. The second kappa shape index (κ2) is 5.13. The second-order valence-corrected chi connectivity index (χ2v) is 6.57. The first-order valence-electron chi connectivity index (χ1n) is 5.44. The van der Waals surface area contributed by atoms with E-state index in [1.165, 1.54) is 12.1 Å². The molecule has 0 fully saturated rings. The fourth-order valence-electron chi connectivity index (χ4n) is 1.45. The van der Waals surface area contributed by atoms with Crippen LogP contribution in [0, 0.1) is 0 Å². The van der Waals surface area contributed by atoms with Gasteiger partial charge < -0.3 is 0 Å². The molecular formula is C12H15F3O3S. The molecule has 1 rings (SSSR count). The van der Waals surface area contributed by atoms with Gasteiger partial charge in [-0.1, -0.05) is 26.0 Å². The molecule has 0 aliphatic carbocycles. The first kappa shape index (κ1) is 16.0. The average molecular weight is 296 g/mol. The van der Waals surface area contributed by atoms with Gasteiger partial charge >= 0.3 is 6.18 Å². The van der Waals surface area contributed by atoms with Crippen LogP contribution in [0.4, 0.5) is 13.2 Å². The van der Waals surface area contributed by atoms with Gasteiger partial charge in [0.1, 0.15) is 0 Å². The van der Waals surface area contributed by atoms with Gasteiger partial charge in [-0.3, -0.25) is 4.18 Å². The Morgan fingerprint density at radius 1 is 1.05 bits per heavy atom. The number of hydrogen-bond acceptors (Lipinski definition) is 3. The first-order valence-corrected chi connectivity index (χ1v) is 7.26. The Morgan fingerprint density at radius 2 is 1.47 bits per heavy atom. The topological polar surface area (TPSA) is 43.4 Å². The molecule has 19 heavy (non-hydrogen) atoms.